The molecule has 0 fully saturated rings. The Morgan fingerprint density at radius 1 is 1.42 bits per heavy atom. The number of aromatic nitrogens is 2. The van der Waals surface area contributed by atoms with Crippen LogP contribution in [0.4, 0.5) is 0 Å². The van der Waals surface area contributed by atoms with Gasteiger partial charge in [-0.25, -0.2) is 0 Å². The molecule has 0 radical (unpaired) electrons. The van der Waals surface area contributed by atoms with Gasteiger partial charge in [0, 0.05) is 32.0 Å². The normalized spacial score (nSPS) is 12.5. The predicted octanol–water partition coefficient (Wildman–Crippen LogP) is 0.797. The Kier molecular flexibility index (Phi) is 5.98. The minimum Gasteiger partial charge on any atom is -0.383 e. The van der Waals surface area contributed by atoms with Crippen molar-refractivity contribution in [3.8, 4) is 0 Å². The largest absolute Gasteiger partial charge is 0.383 e. The molecule has 6 heteroatoms. The second-order valence-corrected chi connectivity index (χ2v) is 4.46. The number of hydrogen-bond acceptors (Lipinski definition) is 4. The molecule has 0 aliphatic heterocycles. The number of hydrogen-bond donors (Lipinski definition) is 1. The van der Waals surface area contributed by atoms with E-state index in [-0.39, 0.29) is 5.91 Å². The van der Waals surface area contributed by atoms with Crippen molar-refractivity contribution in [1.82, 2.24) is 15.1 Å². The van der Waals surface area contributed by atoms with Gasteiger partial charge in [0.15, 0.2) is 0 Å². The van der Waals surface area contributed by atoms with Crippen LogP contribution in [0.15, 0.2) is 0 Å². The number of nitrogens with zero attached hydrogens (tertiary/aromatic N) is 2. The fourth-order valence-corrected chi connectivity index (χ4v) is 1.81. The molecule has 108 valence electrons. The number of aryl methyl sites for hydroxylation is 1. The van der Waals surface area contributed by atoms with E-state index in [1.54, 1.807) is 14.0 Å². The highest BCUT2D eigenvalue weighted by atomic mass is 16.5. The first-order chi connectivity index (χ1) is 9.01. The van der Waals surface area contributed by atoms with Gasteiger partial charge in [-0.3, -0.25) is 9.48 Å². The summed E-state index contributed by atoms with van der Waals surface area (Å²) in [4.78, 5) is 11.7. The number of carbonyl (C=O) groups is 1. The molecule has 1 atom stereocenters. The van der Waals surface area contributed by atoms with Gasteiger partial charge in [0.05, 0.1) is 18.8 Å². The number of ether oxygens (including phenoxy) is 2. The molecule has 19 heavy (non-hydrogen) atoms. The first kappa shape index (κ1) is 15.7. The van der Waals surface area contributed by atoms with Crippen molar-refractivity contribution in [2.45, 2.75) is 40.0 Å². The molecule has 1 N–H and O–H groups in total. The summed E-state index contributed by atoms with van der Waals surface area (Å²) in [5, 5.41) is 7.30. The van der Waals surface area contributed by atoms with Crippen LogP contribution in [-0.4, -0.2) is 42.6 Å². The zero-order valence-electron chi connectivity index (χ0n) is 12.3. The van der Waals surface area contributed by atoms with Crippen molar-refractivity contribution in [3.05, 3.63) is 17.0 Å². The summed E-state index contributed by atoms with van der Waals surface area (Å²) in [6, 6.07) is 0. The zero-order valence-corrected chi connectivity index (χ0v) is 12.3. The third-order valence-electron chi connectivity index (χ3n) is 3.20. The van der Waals surface area contributed by atoms with Crippen molar-refractivity contribution in [2.75, 3.05) is 20.8 Å². The van der Waals surface area contributed by atoms with Crippen LogP contribution in [0.2, 0.25) is 0 Å². The Labute approximate surface area is 114 Å². The van der Waals surface area contributed by atoms with Gasteiger partial charge in [0.2, 0.25) is 5.91 Å². The van der Waals surface area contributed by atoms with Crippen LogP contribution in [-0.2, 0) is 27.4 Å². The Morgan fingerprint density at radius 2 is 2.11 bits per heavy atom. The van der Waals surface area contributed by atoms with E-state index in [0.717, 1.165) is 17.0 Å². The lowest BCUT2D eigenvalue weighted by Crippen LogP contribution is -2.33. The number of carbonyl (C=O) groups excluding carboxylic acids is 1. The van der Waals surface area contributed by atoms with Gasteiger partial charge in [0.1, 0.15) is 6.10 Å². The summed E-state index contributed by atoms with van der Waals surface area (Å²) in [6.45, 7) is 7.46. The van der Waals surface area contributed by atoms with Crippen molar-refractivity contribution in [1.29, 1.82) is 0 Å². The molecule has 6 nitrogen and oxygen atoms in total. The highest BCUT2D eigenvalue weighted by Gasteiger charge is 2.15. The maximum absolute atomic E-state index is 11.7. The van der Waals surface area contributed by atoms with Gasteiger partial charge >= 0.3 is 0 Å². The van der Waals surface area contributed by atoms with E-state index in [0.29, 0.717) is 19.7 Å². The number of rotatable bonds is 7. The van der Waals surface area contributed by atoms with E-state index in [4.69, 9.17) is 9.47 Å². The SMILES string of the molecule is COCCn1nc(C)c(CNC(=O)C(C)OC)c1C. The highest BCUT2D eigenvalue weighted by molar-refractivity contribution is 5.80. The molecule has 0 aliphatic rings. The third-order valence-corrected chi connectivity index (χ3v) is 3.20. The van der Waals surface area contributed by atoms with E-state index in [1.807, 2.05) is 18.5 Å². The summed E-state index contributed by atoms with van der Waals surface area (Å²) < 4.78 is 11.9. The number of methoxy groups -OCH3 is 2. The molecular formula is C13H23N3O3. The molecule has 1 unspecified atom stereocenters. The molecule has 0 saturated carbocycles. The first-order valence-corrected chi connectivity index (χ1v) is 6.33. The predicted molar refractivity (Wildman–Crippen MR) is 71.9 cm³/mol. The van der Waals surface area contributed by atoms with Crippen LogP contribution >= 0.6 is 0 Å². The third kappa shape index (κ3) is 4.04. The second-order valence-electron chi connectivity index (χ2n) is 4.46. The Morgan fingerprint density at radius 3 is 2.68 bits per heavy atom. The summed E-state index contributed by atoms with van der Waals surface area (Å²) in [7, 11) is 3.18. The van der Waals surface area contributed by atoms with Crippen molar-refractivity contribution >= 4 is 5.91 Å². The van der Waals surface area contributed by atoms with Crippen molar-refractivity contribution in [2.24, 2.45) is 0 Å². The molecule has 1 rings (SSSR count). The van der Waals surface area contributed by atoms with E-state index >= 15 is 0 Å². The lowest BCUT2D eigenvalue weighted by Gasteiger charge is -2.10. The number of nitrogens with one attached hydrogen (secondary N) is 1. The van der Waals surface area contributed by atoms with Gasteiger partial charge in [-0.1, -0.05) is 0 Å². The lowest BCUT2D eigenvalue weighted by molar-refractivity contribution is -0.130. The van der Waals surface area contributed by atoms with Crippen LogP contribution < -0.4 is 5.32 Å². The van der Waals surface area contributed by atoms with E-state index in [2.05, 4.69) is 10.4 Å². The van der Waals surface area contributed by atoms with Crippen LogP contribution in [0.3, 0.4) is 0 Å². The maximum Gasteiger partial charge on any atom is 0.249 e. The topological polar surface area (TPSA) is 65.4 Å². The fourth-order valence-electron chi connectivity index (χ4n) is 1.81. The summed E-state index contributed by atoms with van der Waals surface area (Å²) in [5.74, 6) is -0.119. The molecule has 0 saturated heterocycles. The first-order valence-electron chi connectivity index (χ1n) is 6.33. The molecule has 1 aromatic heterocycles. The quantitative estimate of drug-likeness (QED) is 0.795. The van der Waals surface area contributed by atoms with Gasteiger partial charge < -0.3 is 14.8 Å². The Balaban J connectivity index is 2.68. The summed E-state index contributed by atoms with van der Waals surface area (Å²) >= 11 is 0. The summed E-state index contributed by atoms with van der Waals surface area (Å²) in [5.41, 5.74) is 3.03. The molecule has 1 heterocycles. The van der Waals surface area contributed by atoms with E-state index in [9.17, 15) is 4.79 Å². The maximum atomic E-state index is 11.7. The van der Waals surface area contributed by atoms with Crippen LogP contribution in [0.5, 0.6) is 0 Å². The molecule has 1 aromatic rings. The molecule has 0 bridgehead atoms. The Hall–Kier alpha value is -1.40. The van der Waals surface area contributed by atoms with Gasteiger partial charge in [0.25, 0.3) is 0 Å². The molecule has 0 aliphatic carbocycles. The van der Waals surface area contributed by atoms with Gasteiger partial charge in [-0.2, -0.15) is 5.10 Å². The minimum atomic E-state index is -0.441. The van der Waals surface area contributed by atoms with Crippen LogP contribution in [0, 0.1) is 13.8 Å². The van der Waals surface area contributed by atoms with Gasteiger partial charge in [-0.05, 0) is 20.8 Å². The minimum absolute atomic E-state index is 0.119. The zero-order chi connectivity index (χ0) is 14.4. The lowest BCUT2D eigenvalue weighted by atomic mass is 10.2. The van der Waals surface area contributed by atoms with Crippen molar-refractivity contribution in [3.63, 3.8) is 0 Å². The monoisotopic (exact) mass is 269 g/mol. The molecule has 0 aromatic carbocycles. The standard InChI is InChI=1S/C13H23N3O3/c1-9-12(8-14-13(17)11(3)19-5)10(2)16(15-9)6-7-18-4/h11H,6-8H2,1-5H3,(H,14,17). The van der Waals surface area contributed by atoms with E-state index < -0.39 is 6.10 Å². The molecule has 0 spiro atoms. The Bertz CT molecular complexity index is 429. The second kappa shape index (κ2) is 7.25. The van der Waals surface area contributed by atoms with E-state index in [1.165, 1.54) is 7.11 Å². The van der Waals surface area contributed by atoms with Crippen LogP contribution in [0.25, 0.3) is 0 Å². The average molecular weight is 269 g/mol. The average Bonchev–Trinajstić information content (AvgIpc) is 2.67. The van der Waals surface area contributed by atoms with Crippen LogP contribution in [0.1, 0.15) is 23.9 Å². The molecule has 1 amide bonds. The van der Waals surface area contributed by atoms with Gasteiger partial charge in [-0.15, -0.1) is 0 Å². The highest BCUT2D eigenvalue weighted by Crippen LogP contribution is 2.12. The fraction of sp³-hybridized carbons (Fsp3) is 0.692. The summed E-state index contributed by atoms with van der Waals surface area (Å²) in [6.07, 6.45) is -0.441. The smallest absolute Gasteiger partial charge is 0.249 e. The van der Waals surface area contributed by atoms with Crippen molar-refractivity contribution < 1.29 is 14.3 Å². The number of amides is 1. The molecular weight excluding hydrogens is 246 g/mol.